The first kappa shape index (κ1) is 19.6. The highest BCUT2D eigenvalue weighted by Crippen LogP contribution is 2.20. The third kappa shape index (κ3) is 4.40. The summed E-state index contributed by atoms with van der Waals surface area (Å²) in [5, 5.41) is 0. The van der Waals surface area contributed by atoms with Crippen LogP contribution in [-0.4, -0.2) is 56.4 Å². The number of rotatable bonds is 6. The van der Waals surface area contributed by atoms with E-state index in [0.29, 0.717) is 55.5 Å². The molecule has 0 saturated carbocycles. The molecule has 0 unspecified atom stereocenters. The van der Waals surface area contributed by atoms with Crippen LogP contribution < -0.4 is 0 Å². The van der Waals surface area contributed by atoms with E-state index in [1.54, 1.807) is 37.3 Å². The number of esters is 1. The maximum Gasteiger partial charge on any atom is 0.341 e. The number of benzene rings is 1. The Balaban J connectivity index is 1.62. The molecule has 0 atom stereocenters. The van der Waals surface area contributed by atoms with E-state index < -0.39 is 16.0 Å². The van der Waals surface area contributed by atoms with Crippen molar-refractivity contribution in [2.75, 3.05) is 32.8 Å². The van der Waals surface area contributed by atoms with E-state index in [1.165, 1.54) is 10.6 Å². The summed E-state index contributed by atoms with van der Waals surface area (Å²) >= 11 is 0. The Bertz CT molecular complexity index is 881. The normalized spacial score (nSPS) is 16.4. The van der Waals surface area contributed by atoms with Crippen LogP contribution in [0, 0.1) is 6.92 Å². The largest absolute Gasteiger partial charge is 0.467 e. The maximum atomic E-state index is 12.8. The second kappa shape index (κ2) is 8.24. The molecule has 0 aliphatic carbocycles. The Labute approximate surface area is 159 Å². The lowest BCUT2D eigenvalue weighted by Crippen LogP contribution is -2.48. The summed E-state index contributed by atoms with van der Waals surface area (Å²) in [6, 6.07) is 8.50. The van der Waals surface area contributed by atoms with Crippen molar-refractivity contribution in [3.8, 4) is 0 Å². The Morgan fingerprint density at radius 1 is 1.11 bits per heavy atom. The van der Waals surface area contributed by atoms with Gasteiger partial charge in [0.2, 0.25) is 10.0 Å². The van der Waals surface area contributed by atoms with Crippen LogP contribution in [0.25, 0.3) is 0 Å². The van der Waals surface area contributed by atoms with E-state index in [4.69, 9.17) is 9.15 Å². The summed E-state index contributed by atoms with van der Waals surface area (Å²) in [5.41, 5.74) is 1.45. The monoisotopic (exact) mass is 392 g/mol. The van der Waals surface area contributed by atoms with Gasteiger partial charge in [0.1, 0.15) is 11.3 Å². The molecule has 0 spiro atoms. The SMILES string of the molecule is CCOC(=O)c1ccoc1CN1CCN(S(=O)(=O)c2ccc(C)cc2)CC1. The van der Waals surface area contributed by atoms with Gasteiger partial charge in [0.05, 0.1) is 24.3 Å². The van der Waals surface area contributed by atoms with Gasteiger partial charge < -0.3 is 9.15 Å². The van der Waals surface area contributed by atoms with Crippen molar-refractivity contribution in [3.05, 3.63) is 53.5 Å². The second-order valence-electron chi connectivity index (χ2n) is 6.47. The lowest BCUT2D eigenvalue weighted by atomic mass is 10.2. The van der Waals surface area contributed by atoms with Crippen molar-refractivity contribution >= 4 is 16.0 Å². The van der Waals surface area contributed by atoms with E-state index >= 15 is 0 Å². The van der Waals surface area contributed by atoms with Crippen molar-refractivity contribution in [2.24, 2.45) is 0 Å². The van der Waals surface area contributed by atoms with Crippen molar-refractivity contribution < 1.29 is 22.4 Å². The number of furan rings is 1. The van der Waals surface area contributed by atoms with Crippen LogP contribution in [0.4, 0.5) is 0 Å². The van der Waals surface area contributed by atoms with Crippen molar-refractivity contribution in [3.63, 3.8) is 0 Å². The zero-order valence-electron chi connectivity index (χ0n) is 15.6. The molecule has 7 nitrogen and oxygen atoms in total. The molecule has 27 heavy (non-hydrogen) atoms. The van der Waals surface area contributed by atoms with Gasteiger partial charge >= 0.3 is 5.97 Å². The summed E-state index contributed by atoms with van der Waals surface area (Å²) < 4.78 is 37.5. The van der Waals surface area contributed by atoms with Gasteiger partial charge in [0, 0.05) is 26.2 Å². The van der Waals surface area contributed by atoms with Gasteiger partial charge in [-0.15, -0.1) is 0 Å². The van der Waals surface area contributed by atoms with Gasteiger partial charge in [-0.1, -0.05) is 17.7 Å². The smallest absolute Gasteiger partial charge is 0.341 e. The molecule has 1 aliphatic heterocycles. The number of piperazine rings is 1. The van der Waals surface area contributed by atoms with E-state index in [2.05, 4.69) is 4.90 Å². The third-order valence-corrected chi connectivity index (χ3v) is 6.51. The Kier molecular flexibility index (Phi) is 5.98. The molecule has 1 aromatic heterocycles. The number of carbonyl (C=O) groups excluding carboxylic acids is 1. The predicted molar refractivity (Wildman–Crippen MR) is 99.9 cm³/mol. The molecular weight excluding hydrogens is 368 g/mol. The minimum atomic E-state index is -3.48. The summed E-state index contributed by atoms with van der Waals surface area (Å²) in [6.45, 7) is 6.34. The van der Waals surface area contributed by atoms with Gasteiger partial charge in [-0.3, -0.25) is 4.90 Å². The fourth-order valence-corrected chi connectivity index (χ4v) is 4.47. The zero-order chi connectivity index (χ0) is 19.4. The van der Waals surface area contributed by atoms with Crippen LogP contribution in [0.5, 0.6) is 0 Å². The molecule has 3 rings (SSSR count). The third-order valence-electron chi connectivity index (χ3n) is 4.60. The van der Waals surface area contributed by atoms with E-state index in [-0.39, 0.29) is 0 Å². The van der Waals surface area contributed by atoms with E-state index in [9.17, 15) is 13.2 Å². The topological polar surface area (TPSA) is 80.1 Å². The highest BCUT2D eigenvalue weighted by Gasteiger charge is 2.29. The standard InChI is InChI=1S/C19H24N2O5S/c1-3-25-19(22)17-8-13-26-18(17)14-20-9-11-21(12-10-20)27(23,24)16-6-4-15(2)5-7-16/h4-8,13H,3,9-12,14H2,1-2H3. The van der Waals surface area contributed by atoms with Crippen molar-refractivity contribution in [1.82, 2.24) is 9.21 Å². The number of carbonyl (C=O) groups is 1. The molecule has 0 N–H and O–H groups in total. The maximum absolute atomic E-state index is 12.8. The predicted octanol–water partition coefficient (Wildman–Crippen LogP) is 2.27. The van der Waals surface area contributed by atoms with Crippen LogP contribution in [0.3, 0.4) is 0 Å². The second-order valence-corrected chi connectivity index (χ2v) is 8.41. The number of ether oxygens (including phenoxy) is 1. The van der Waals surface area contributed by atoms with Gasteiger partial charge in [-0.25, -0.2) is 13.2 Å². The average Bonchev–Trinajstić information content (AvgIpc) is 3.11. The number of nitrogens with zero attached hydrogens (tertiary/aromatic N) is 2. The quantitative estimate of drug-likeness (QED) is 0.702. The minimum Gasteiger partial charge on any atom is -0.467 e. The Morgan fingerprint density at radius 2 is 1.78 bits per heavy atom. The van der Waals surface area contributed by atoms with Crippen molar-refractivity contribution in [2.45, 2.75) is 25.3 Å². The molecule has 1 aromatic carbocycles. The molecule has 2 aromatic rings. The van der Waals surface area contributed by atoms with Gasteiger partial charge in [0.25, 0.3) is 0 Å². The molecule has 146 valence electrons. The van der Waals surface area contributed by atoms with Gasteiger partial charge in [-0.2, -0.15) is 4.31 Å². The molecule has 2 heterocycles. The lowest BCUT2D eigenvalue weighted by molar-refractivity contribution is 0.0521. The first-order chi connectivity index (χ1) is 12.9. The Morgan fingerprint density at radius 3 is 2.41 bits per heavy atom. The fraction of sp³-hybridized carbons (Fsp3) is 0.421. The molecule has 1 saturated heterocycles. The molecule has 0 radical (unpaired) electrons. The number of aryl methyl sites for hydroxylation is 1. The lowest BCUT2D eigenvalue weighted by Gasteiger charge is -2.33. The van der Waals surface area contributed by atoms with Crippen molar-refractivity contribution in [1.29, 1.82) is 0 Å². The highest BCUT2D eigenvalue weighted by molar-refractivity contribution is 7.89. The van der Waals surface area contributed by atoms with E-state index in [1.807, 2.05) is 6.92 Å². The number of sulfonamides is 1. The Hall–Kier alpha value is -2.16. The molecule has 1 fully saturated rings. The molecule has 8 heteroatoms. The van der Waals surface area contributed by atoms with Crippen LogP contribution in [-0.2, 0) is 21.3 Å². The van der Waals surface area contributed by atoms with Gasteiger partial charge in [-0.05, 0) is 32.0 Å². The van der Waals surface area contributed by atoms with Crippen LogP contribution in [0.1, 0.15) is 28.6 Å². The van der Waals surface area contributed by atoms with E-state index in [0.717, 1.165) is 5.56 Å². The number of hydrogen-bond donors (Lipinski definition) is 0. The van der Waals surface area contributed by atoms with Crippen LogP contribution >= 0.6 is 0 Å². The molecule has 1 aliphatic rings. The van der Waals surface area contributed by atoms with Crippen LogP contribution in [0.15, 0.2) is 45.9 Å². The van der Waals surface area contributed by atoms with Crippen LogP contribution in [0.2, 0.25) is 0 Å². The first-order valence-corrected chi connectivity index (χ1v) is 10.4. The summed E-state index contributed by atoms with van der Waals surface area (Å²) in [6.07, 6.45) is 1.47. The summed E-state index contributed by atoms with van der Waals surface area (Å²) in [4.78, 5) is 14.3. The zero-order valence-corrected chi connectivity index (χ0v) is 16.4. The minimum absolute atomic E-state index is 0.305. The highest BCUT2D eigenvalue weighted by atomic mass is 32.2. The fourth-order valence-electron chi connectivity index (χ4n) is 3.04. The number of hydrogen-bond acceptors (Lipinski definition) is 6. The molecule has 0 amide bonds. The first-order valence-electron chi connectivity index (χ1n) is 8.94. The molecule has 0 bridgehead atoms. The average molecular weight is 392 g/mol. The summed E-state index contributed by atoms with van der Waals surface area (Å²) in [5.74, 6) is 0.144. The van der Waals surface area contributed by atoms with Gasteiger partial charge in [0.15, 0.2) is 0 Å². The molecular formula is C19H24N2O5S. The summed E-state index contributed by atoms with van der Waals surface area (Å²) in [7, 11) is -3.48.